The van der Waals surface area contributed by atoms with Crippen LogP contribution >= 0.6 is 0 Å². The Bertz CT molecular complexity index is 1550. The molecular formula is C23H20F3N9O. The van der Waals surface area contributed by atoms with Crippen LogP contribution in [0.3, 0.4) is 0 Å². The minimum atomic E-state index is -4.86. The molecule has 5 rings (SSSR count). The number of aryl methyl sites for hydroxylation is 2. The SMILES string of the molecule is CCc1cc(NC(=O)c2cnn(-c3cccc4nccn34)c2C(F)(F)F)c(CC)nc1-n1nccn1. The number of aromatic nitrogens is 8. The second-order valence-corrected chi connectivity index (χ2v) is 7.80. The van der Waals surface area contributed by atoms with E-state index in [1.165, 1.54) is 40.1 Å². The summed E-state index contributed by atoms with van der Waals surface area (Å²) in [5.41, 5.74) is 0.152. The normalized spacial score (nSPS) is 11.8. The van der Waals surface area contributed by atoms with Gasteiger partial charge in [0.15, 0.2) is 11.5 Å². The van der Waals surface area contributed by atoms with Crippen LogP contribution in [0.1, 0.15) is 41.2 Å². The molecular weight excluding hydrogens is 475 g/mol. The Labute approximate surface area is 202 Å². The van der Waals surface area contributed by atoms with Crippen molar-refractivity contribution < 1.29 is 18.0 Å². The van der Waals surface area contributed by atoms with Gasteiger partial charge in [-0.3, -0.25) is 9.20 Å². The number of alkyl halides is 3. The molecule has 0 radical (unpaired) electrons. The predicted octanol–water partition coefficient (Wildman–Crippen LogP) is 3.89. The summed E-state index contributed by atoms with van der Waals surface area (Å²) < 4.78 is 44.9. The third kappa shape index (κ3) is 3.97. The van der Waals surface area contributed by atoms with Crippen LogP contribution in [-0.2, 0) is 19.0 Å². The summed E-state index contributed by atoms with van der Waals surface area (Å²) in [6.45, 7) is 3.72. The summed E-state index contributed by atoms with van der Waals surface area (Å²) in [6, 6.07) is 6.38. The summed E-state index contributed by atoms with van der Waals surface area (Å²) >= 11 is 0. The molecule has 0 aliphatic carbocycles. The molecule has 0 saturated carbocycles. The van der Waals surface area contributed by atoms with Crippen molar-refractivity contribution in [1.29, 1.82) is 0 Å². The van der Waals surface area contributed by atoms with E-state index in [-0.39, 0.29) is 5.82 Å². The number of nitrogens with zero attached hydrogens (tertiary/aromatic N) is 8. The van der Waals surface area contributed by atoms with Crippen molar-refractivity contribution in [1.82, 2.24) is 39.1 Å². The van der Waals surface area contributed by atoms with Crippen LogP contribution in [0.5, 0.6) is 0 Å². The first-order valence-electron chi connectivity index (χ1n) is 11.1. The molecule has 0 bridgehead atoms. The molecule has 0 unspecified atom stereocenters. The first-order chi connectivity index (χ1) is 17.3. The van der Waals surface area contributed by atoms with Gasteiger partial charge in [0, 0.05) is 18.0 Å². The smallest absolute Gasteiger partial charge is 0.320 e. The third-order valence-electron chi connectivity index (χ3n) is 5.64. The van der Waals surface area contributed by atoms with E-state index in [0.717, 1.165) is 11.8 Å². The van der Waals surface area contributed by atoms with Gasteiger partial charge in [0.05, 0.1) is 35.5 Å². The van der Waals surface area contributed by atoms with Crippen LogP contribution in [0.2, 0.25) is 0 Å². The van der Waals surface area contributed by atoms with E-state index in [9.17, 15) is 18.0 Å². The number of fused-ring (bicyclic) bond motifs is 1. The lowest BCUT2D eigenvalue weighted by Crippen LogP contribution is -2.22. The number of pyridine rings is 2. The molecule has 1 N–H and O–H groups in total. The number of hydrogen-bond acceptors (Lipinski definition) is 6. The van der Waals surface area contributed by atoms with Gasteiger partial charge in [0.25, 0.3) is 5.91 Å². The molecule has 0 spiro atoms. The summed E-state index contributed by atoms with van der Waals surface area (Å²) in [5.74, 6) is -0.360. The number of rotatable bonds is 6. The number of carbonyl (C=O) groups excluding carboxylic acids is 1. The van der Waals surface area contributed by atoms with Gasteiger partial charge in [-0.2, -0.15) is 28.5 Å². The predicted molar refractivity (Wildman–Crippen MR) is 123 cm³/mol. The van der Waals surface area contributed by atoms with Crippen LogP contribution in [-0.4, -0.2) is 45.1 Å². The Kier molecular flexibility index (Phi) is 5.74. The lowest BCUT2D eigenvalue weighted by molar-refractivity contribution is -0.143. The highest BCUT2D eigenvalue weighted by atomic mass is 19.4. The molecule has 0 fully saturated rings. The van der Waals surface area contributed by atoms with Gasteiger partial charge in [-0.25, -0.2) is 14.6 Å². The molecule has 10 nitrogen and oxygen atoms in total. The van der Waals surface area contributed by atoms with Crippen LogP contribution < -0.4 is 5.32 Å². The standard InChI is InChI=1S/C23H20F3N9O/c1-3-14-12-17(16(4-2)31-21(14)35-28-8-9-29-35)32-22(36)15-13-30-34(20(15)23(24,25)26)19-7-5-6-18-27-10-11-33(18)19/h5-13H,3-4H2,1-2H3,(H,32,36). The maximum absolute atomic E-state index is 14.2. The molecule has 36 heavy (non-hydrogen) atoms. The lowest BCUT2D eigenvalue weighted by Gasteiger charge is -2.16. The van der Waals surface area contributed by atoms with E-state index in [2.05, 4.69) is 30.6 Å². The van der Waals surface area contributed by atoms with Crippen molar-refractivity contribution in [2.75, 3.05) is 5.32 Å². The van der Waals surface area contributed by atoms with Crippen LogP contribution in [0.25, 0.3) is 17.3 Å². The minimum Gasteiger partial charge on any atom is -0.320 e. The number of anilines is 1. The molecule has 0 aliphatic rings. The zero-order valence-corrected chi connectivity index (χ0v) is 19.2. The number of hydrogen-bond donors (Lipinski definition) is 1. The summed E-state index contributed by atoms with van der Waals surface area (Å²) in [4.78, 5) is 23.2. The molecule has 0 aliphatic heterocycles. The molecule has 13 heteroatoms. The maximum Gasteiger partial charge on any atom is 0.434 e. The van der Waals surface area contributed by atoms with Crippen molar-refractivity contribution in [2.24, 2.45) is 0 Å². The number of amides is 1. The summed E-state index contributed by atoms with van der Waals surface area (Å²) in [6.07, 6.45) is 3.03. The molecule has 184 valence electrons. The zero-order valence-electron chi connectivity index (χ0n) is 19.2. The average Bonchev–Trinajstić information content (AvgIpc) is 3.63. The van der Waals surface area contributed by atoms with Crippen molar-refractivity contribution in [2.45, 2.75) is 32.9 Å². The zero-order chi connectivity index (χ0) is 25.4. The first-order valence-corrected chi connectivity index (χ1v) is 11.1. The quantitative estimate of drug-likeness (QED) is 0.383. The van der Waals surface area contributed by atoms with Gasteiger partial charge in [-0.15, -0.1) is 4.80 Å². The summed E-state index contributed by atoms with van der Waals surface area (Å²) in [7, 11) is 0. The third-order valence-corrected chi connectivity index (χ3v) is 5.64. The van der Waals surface area contributed by atoms with Crippen molar-refractivity contribution in [3.05, 3.63) is 77.8 Å². The van der Waals surface area contributed by atoms with Gasteiger partial charge >= 0.3 is 6.18 Å². The fourth-order valence-corrected chi connectivity index (χ4v) is 3.97. The van der Waals surface area contributed by atoms with Gasteiger partial charge in [-0.1, -0.05) is 19.9 Å². The fourth-order valence-electron chi connectivity index (χ4n) is 3.97. The highest BCUT2D eigenvalue weighted by molar-refractivity contribution is 6.05. The Morgan fingerprint density at radius 3 is 2.53 bits per heavy atom. The van der Waals surface area contributed by atoms with E-state index in [0.29, 0.717) is 40.4 Å². The topological polar surface area (TPSA) is 108 Å². The molecule has 0 saturated heterocycles. The molecule has 0 aromatic carbocycles. The van der Waals surface area contributed by atoms with Gasteiger partial charge in [0.2, 0.25) is 0 Å². The number of nitrogens with one attached hydrogen (secondary N) is 1. The van der Waals surface area contributed by atoms with E-state index < -0.39 is 23.3 Å². The summed E-state index contributed by atoms with van der Waals surface area (Å²) in [5, 5.41) is 14.8. The first kappa shape index (κ1) is 23.2. The molecule has 5 aromatic rings. The van der Waals surface area contributed by atoms with E-state index in [1.807, 2.05) is 13.8 Å². The Balaban J connectivity index is 1.57. The largest absolute Gasteiger partial charge is 0.434 e. The second-order valence-electron chi connectivity index (χ2n) is 7.80. The Hall–Kier alpha value is -4.55. The Morgan fingerprint density at radius 1 is 1.06 bits per heavy atom. The van der Waals surface area contributed by atoms with Crippen LogP contribution in [0, 0.1) is 0 Å². The molecule has 0 atom stereocenters. The Morgan fingerprint density at radius 2 is 1.83 bits per heavy atom. The monoisotopic (exact) mass is 495 g/mol. The number of carbonyl (C=O) groups is 1. The van der Waals surface area contributed by atoms with Gasteiger partial charge in [-0.05, 0) is 31.0 Å². The molecule has 5 heterocycles. The van der Waals surface area contributed by atoms with Crippen LogP contribution in [0.4, 0.5) is 18.9 Å². The second kappa shape index (κ2) is 8.91. The average molecular weight is 495 g/mol. The minimum absolute atomic E-state index is 0.0941. The lowest BCUT2D eigenvalue weighted by atomic mass is 10.1. The van der Waals surface area contributed by atoms with Crippen LogP contribution in [0.15, 0.2) is 55.2 Å². The van der Waals surface area contributed by atoms with E-state index >= 15 is 0 Å². The number of imidazole rings is 1. The highest BCUT2D eigenvalue weighted by Gasteiger charge is 2.41. The number of halogens is 3. The van der Waals surface area contributed by atoms with Crippen molar-refractivity contribution in [3.63, 3.8) is 0 Å². The van der Waals surface area contributed by atoms with Crippen molar-refractivity contribution >= 4 is 17.2 Å². The van der Waals surface area contributed by atoms with Gasteiger partial charge < -0.3 is 5.32 Å². The van der Waals surface area contributed by atoms with Crippen molar-refractivity contribution in [3.8, 4) is 11.6 Å². The van der Waals surface area contributed by atoms with Gasteiger partial charge in [0.1, 0.15) is 11.5 Å². The fraction of sp³-hybridized carbons (Fsp3) is 0.217. The molecule has 5 aromatic heterocycles. The molecule has 1 amide bonds. The van der Waals surface area contributed by atoms with E-state index in [1.54, 1.807) is 18.2 Å². The highest BCUT2D eigenvalue weighted by Crippen LogP contribution is 2.34. The maximum atomic E-state index is 14.2. The van der Waals surface area contributed by atoms with E-state index in [4.69, 9.17) is 0 Å².